The van der Waals surface area contributed by atoms with Gasteiger partial charge in [0.05, 0.1) is 10.5 Å². The van der Waals surface area contributed by atoms with Crippen LogP contribution in [0.3, 0.4) is 0 Å². The van der Waals surface area contributed by atoms with Gasteiger partial charge < -0.3 is 5.21 Å². The number of imidazole rings is 1. The van der Waals surface area contributed by atoms with Crippen molar-refractivity contribution in [3.05, 3.63) is 33.6 Å². The number of nitro benzene ring substituents is 1. The maximum atomic E-state index is 12.6. The lowest BCUT2D eigenvalue weighted by molar-refractivity contribution is -0.383. The Labute approximate surface area is 104 Å². The highest BCUT2D eigenvalue weighted by Crippen LogP contribution is 2.36. The predicted molar refractivity (Wildman–Crippen MR) is 58.0 cm³/mol. The highest BCUT2D eigenvalue weighted by molar-refractivity contribution is 5.86. The first-order chi connectivity index (χ1) is 8.75. The fraction of sp³-hybridized carbons (Fsp3) is 0.300. The Morgan fingerprint density at radius 2 is 2.11 bits per heavy atom. The SMILES string of the molecule is CCc1nc2c([N+](=O)[O-])cc(C(F)(F)F)cc2n1O. The maximum Gasteiger partial charge on any atom is 0.416 e. The number of alkyl halides is 3. The third-order valence-corrected chi connectivity index (χ3v) is 2.62. The van der Waals surface area contributed by atoms with Crippen molar-refractivity contribution in [2.75, 3.05) is 0 Å². The summed E-state index contributed by atoms with van der Waals surface area (Å²) in [6.45, 7) is 1.62. The number of aromatic nitrogens is 2. The molecule has 0 bridgehead atoms. The van der Waals surface area contributed by atoms with Crippen molar-refractivity contribution < 1.29 is 23.3 Å². The fourth-order valence-electron chi connectivity index (χ4n) is 1.73. The van der Waals surface area contributed by atoms with Crippen LogP contribution >= 0.6 is 0 Å². The minimum Gasteiger partial charge on any atom is -0.427 e. The van der Waals surface area contributed by atoms with Crippen LogP contribution in [0.15, 0.2) is 12.1 Å². The highest BCUT2D eigenvalue weighted by atomic mass is 19.4. The maximum absolute atomic E-state index is 12.6. The zero-order valence-electron chi connectivity index (χ0n) is 9.60. The second kappa shape index (κ2) is 4.11. The van der Waals surface area contributed by atoms with Gasteiger partial charge in [-0.25, -0.2) is 4.98 Å². The molecule has 0 saturated carbocycles. The Hall–Kier alpha value is -2.32. The Morgan fingerprint density at radius 3 is 2.58 bits per heavy atom. The molecule has 0 spiro atoms. The molecule has 0 aliphatic rings. The molecule has 1 aromatic carbocycles. The minimum atomic E-state index is -4.74. The van der Waals surface area contributed by atoms with E-state index in [0.29, 0.717) is 16.9 Å². The van der Waals surface area contributed by atoms with Gasteiger partial charge in [0.2, 0.25) is 0 Å². The molecule has 0 aliphatic heterocycles. The first-order valence-electron chi connectivity index (χ1n) is 5.22. The molecule has 0 saturated heterocycles. The van der Waals surface area contributed by atoms with Crippen LogP contribution < -0.4 is 0 Å². The predicted octanol–water partition coefficient (Wildman–Crippen LogP) is 2.76. The first-order valence-corrected chi connectivity index (χ1v) is 5.22. The lowest BCUT2D eigenvalue weighted by atomic mass is 10.1. The monoisotopic (exact) mass is 275 g/mol. The van der Waals surface area contributed by atoms with Crippen LogP contribution in [-0.2, 0) is 12.6 Å². The molecule has 2 aromatic rings. The van der Waals surface area contributed by atoms with E-state index in [1.165, 1.54) is 0 Å². The van der Waals surface area contributed by atoms with Gasteiger partial charge in [0.1, 0.15) is 11.3 Å². The molecule has 1 heterocycles. The van der Waals surface area contributed by atoms with Crippen LogP contribution in [0.2, 0.25) is 0 Å². The topological polar surface area (TPSA) is 81.2 Å². The number of aryl methyl sites for hydroxylation is 1. The summed E-state index contributed by atoms with van der Waals surface area (Å²) in [4.78, 5) is 13.6. The Kier molecular flexibility index (Phi) is 2.84. The molecule has 0 atom stereocenters. The van der Waals surface area contributed by atoms with E-state index in [2.05, 4.69) is 4.98 Å². The van der Waals surface area contributed by atoms with Crippen molar-refractivity contribution in [1.29, 1.82) is 0 Å². The van der Waals surface area contributed by atoms with Crippen LogP contribution in [0.5, 0.6) is 0 Å². The number of non-ortho nitro benzene ring substituents is 1. The lowest BCUT2D eigenvalue weighted by Crippen LogP contribution is -2.06. The van der Waals surface area contributed by atoms with Crippen LogP contribution in [0.4, 0.5) is 18.9 Å². The van der Waals surface area contributed by atoms with Gasteiger partial charge in [0, 0.05) is 12.5 Å². The van der Waals surface area contributed by atoms with E-state index >= 15 is 0 Å². The quantitative estimate of drug-likeness (QED) is 0.519. The zero-order chi connectivity index (χ0) is 14.4. The third-order valence-electron chi connectivity index (χ3n) is 2.62. The second-order valence-electron chi connectivity index (χ2n) is 3.81. The smallest absolute Gasteiger partial charge is 0.416 e. The lowest BCUT2D eigenvalue weighted by Gasteiger charge is -2.06. The standard InChI is InChI=1S/C10H8F3N3O3/c1-2-8-14-9-6(15(8)17)3-5(10(11,12)13)4-7(9)16(18)19/h3-4,17H,2H2,1H3. The fourth-order valence-corrected chi connectivity index (χ4v) is 1.73. The van der Waals surface area contributed by atoms with Crippen LogP contribution in [-0.4, -0.2) is 19.8 Å². The molecule has 2 rings (SSSR count). The molecule has 1 aromatic heterocycles. The average Bonchev–Trinajstić information content (AvgIpc) is 2.64. The first kappa shape index (κ1) is 13.1. The number of hydrogen-bond acceptors (Lipinski definition) is 4. The molecule has 102 valence electrons. The molecule has 0 radical (unpaired) electrons. The molecular formula is C10H8F3N3O3. The second-order valence-corrected chi connectivity index (χ2v) is 3.81. The number of nitro groups is 1. The van der Waals surface area contributed by atoms with Crippen molar-refractivity contribution in [2.24, 2.45) is 0 Å². The summed E-state index contributed by atoms with van der Waals surface area (Å²) in [5.74, 6) is 0.0532. The summed E-state index contributed by atoms with van der Waals surface area (Å²) in [6, 6.07) is 1.04. The van der Waals surface area contributed by atoms with Crippen LogP contribution in [0.25, 0.3) is 11.0 Å². The molecule has 6 nitrogen and oxygen atoms in total. The summed E-state index contributed by atoms with van der Waals surface area (Å²) >= 11 is 0. The van der Waals surface area contributed by atoms with Crippen molar-refractivity contribution in [3.63, 3.8) is 0 Å². The van der Waals surface area contributed by atoms with E-state index in [0.717, 1.165) is 0 Å². The number of hydrogen-bond donors (Lipinski definition) is 1. The van der Waals surface area contributed by atoms with Crippen LogP contribution in [0, 0.1) is 10.1 Å². The van der Waals surface area contributed by atoms with E-state index in [-0.39, 0.29) is 23.3 Å². The Balaban J connectivity index is 2.86. The molecule has 9 heteroatoms. The van der Waals surface area contributed by atoms with Gasteiger partial charge in [-0.2, -0.15) is 17.9 Å². The normalized spacial score (nSPS) is 12.0. The molecule has 0 aliphatic carbocycles. The molecule has 0 unspecified atom stereocenters. The van der Waals surface area contributed by atoms with Gasteiger partial charge in [-0.3, -0.25) is 10.1 Å². The number of fused-ring (bicyclic) bond motifs is 1. The van der Waals surface area contributed by atoms with E-state index in [1.807, 2.05) is 0 Å². The third kappa shape index (κ3) is 2.07. The van der Waals surface area contributed by atoms with E-state index in [1.54, 1.807) is 6.92 Å². The summed E-state index contributed by atoms with van der Waals surface area (Å²) in [6.07, 6.45) is -4.51. The number of nitrogens with zero attached hydrogens (tertiary/aromatic N) is 3. The van der Waals surface area contributed by atoms with Gasteiger partial charge >= 0.3 is 6.18 Å². The summed E-state index contributed by atoms with van der Waals surface area (Å²) in [7, 11) is 0. The van der Waals surface area contributed by atoms with Gasteiger partial charge in [-0.15, -0.1) is 0 Å². The number of rotatable bonds is 2. The summed E-state index contributed by atoms with van der Waals surface area (Å²) < 4.78 is 38.4. The Morgan fingerprint density at radius 1 is 1.47 bits per heavy atom. The molecule has 19 heavy (non-hydrogen) atoms. The van der Waals surface area contributed by atoms with Gasteiger partial charge in [0.15, 0.2) is 5.52 Å². The number of benzene rings is 1. The highest BCUT2D eigenvalue weighted by Gasteiger charge is 2.34. The number of halogens is 3. The van der Waals surface area contributed by atoms with Crippen molar-refractivity contribution >= 4 is 16.7 Å². The van der Waals surface area contributed by atoms with E-state index < -0.39 is 22.4 Å². The Bertz CT molecular complexity index is 663. The largest absolute Gasteiger partial charge is 0.427 e. The van der Waals surface area contributed by atoms with Crippen LogP contribution in [0.1, 0.15) is 18.3 Å². The zero-order valence-corrected chi connectivity index (χ0v) is 9.60. The molecular weight excluding hydrogens is 267 g/mol. The van der Waals surface area contributed by atoms with Gasteiger partial charge in [-0.1, -0.05) is 6.92 Å². The van der Waals surface area contributed by atoms with E-state index in [4.69, 9.17) is 0 Å². The van der Waals surface area contributed by atoms with E-state index in [9.17, 15) is 28.5 Å². The molecule has 0 amide bonds. The van der Waals surface area contributed by atoms with Gasteiger partial charge in [0.25, 0.3) is 5.69 Å². The van der Waals surface area contributed by atoms with Crippen molar-refractivity contribution in [2.45, 2.75) is 19.5 Å². The van der Waals surface area contributed by atoms with Crippen molar-refractivity contribution in [3.8, 4) is 0 Å². The minimum absolute atomic E-state index is 0.0532. The molecule has 0 fully saturated rings. The summed E-state index contributed by atoms with van der Waals surface area (Å²) in [5.41, 5.74) is -2.59. The molecule has 1 N–H and O–H groups in total. The summed E-state index contributed by atoms with van der Waals surface area (Å²) in [5, 5.41) is 20.5. The van der Waals surface area contributed by atoms with Crippen molar-refractivity contribution in [1.82, 2.24) is 9.71 Å². The average molecular weight is 275 g/mol. The van der Waals surface area contributed by atoms with Gasteiger partial charge in [-0.05, 0) is 6.07 Å².